The van der Waals surface area contributed by atoms with Crippen LogP contribution >= 0.6 is 11.8 Å². The maximum atomic E-state index is 6.30. The SMILES string of the molecule is Cc1ccccc1CSCC(N)c1ccc(C(C)C)cc1. The zero-order chi connectivity index (χ0) is 15.2. The molecule has 21 heavy (non-hydrogen) atoms. The third kappa shape index (κ3) is 4.62. The molecule has 0 aliphatic carbocycles. The van der Waals surface area contributed by atoms with Crippen LogP contribution in [-0.2, 0) is 5.75 Å². The summed E-state index contributed by atoms with van der Waals surface area (Å²) >= 11 is 1.91. The molecule has 2 rings (SSSR count). The minimum Gasteiger partial charge on any atom is -0.323 e. The molecule has 2 aromatic rings. The molecule has 0 saturated carbocycles. The van der Waals surface area contributed by atoms with Crippen molar-refractivity contribution in [3.63, 3.8) is 0 Å². The van der Waals surface area contributed by atoms with Crippen molar-refractivity contribution in [2.75, 3.05) is 5.75 Å². The first-order chi connectivity index (χ1) is 10.1. The fourth-order valence-corrected chi connectivity index (χ4v) is 3.40. The molecule has 2 N–H and O–H groups in total. The van der Waals surface area contributed by atoms with E-state index in [1.165, 1.54) is 22.3 Å². The average Bonchev–Trinajstić information content (AvgIpc) is 2.49. The van der Waals surface area contributed by atoms with E-state index in [2.05, 4.69) is 69.3 Å². The van der Waals surface area contributed by atoms with Gasteiger partial charge in [0.2, 0.25) is 0 Å². The van der Waals surface area contributed by atoms with Crippen molar-refractivity contribution >= 4 is 11.8 Å². The standard InChI is InChI=1S/C19H25NS/c1-14(2)16-8-10-17(11-9-16)19(20)13-21-12-18-7-5-4-6-15(18)3/h4-11,14,19H,12-13,20H2,1-3H3. The van der Waals surface area contributed by atoms with Gasteiger partial charge in [-0.1, -0.05) is 62.4 Å². The number of rotatable bonds is 6. The minimum atomic E-state index is 0.111. The van der Waals surface area contributed by atoms with Gasteiger partial charge in [0.25, 0.3) is 0 Å². The fraction of sp³-hybridized carbons (Fsp3) is 0.368. The van der Waals surface area contributed by atoms with Gasteiger partial charge in [0.1, 0.15) is 0 Å². The van der Waals surface area contributed by atoms with Crippen LogP contribution < -0.4 is 5.73 Å². The smallest absolute Gasteiger partial charge is 0.0386 e. The first-order valence-corrected chi connectivity index (χ1v) is 8.71. The second-order valence-electron chi connectivity index (χ2n) is 5.87. The summed E-state index contributed by atoms with van der Waals surface area (Å²) in [6.45, 7) is 6.60. The van der Waals surface area contributed by atoms with E-state index in [9.17, 15) is 0 Å². The highest BCUT2D eigenvalue weighted by Gasteiger charge is 2.07. The summed E-state index contributed by atoms with van der Waals surface area (Å²) in [7, 11) is 0. The summed E-state index contributed by atoms with van der Waals surface area (Å²) < 4.78 is 0. The minimum absolute atomic E-state index is 0.111. The van der Waals surface area contributed by atoms with E-state index in [1.807, 2.05) is 11.8 Å². The molecular weight excluding hydrogens is 274 g/mol. The predicted octanol–water partition coefficient (Wildman–Crippen LogP) is 5.05. The predicted molar refractivity (Wildman–Crippen MR) is 94.8 cm³/mol. The second kappa shape index (κ2) is 7.67. The average molecular weight is 299 g/mol. The molecule has 2 heteroatoms. The normalized spacial score (nSPS) is 12.6. The lowest BCUT2D eigenvalue weighted by atomic mass is 10.00. The Morgan fingerprint density at radius 3 is 2.19 bits per heavy atom. The lowest BCUT2D eigenvalue weighted by molar-refractivity contribution is 0.822. The van der Waals surface area contributed by atoms with Crippen LogP contribution in [-0.4, -0.2) is 5.75 Å². The van der Waals surface area contributed by atoms with Gasteiger partial charge in [-0.2, -0.15) is 11.8 Å². The Hall–Kier alpha value is -1.25. The maximum absolute atomic E-state index is 6.30. The van der Waals surface area contributed by atoms with Crippen molar-refractivity contribution in [1.82, 2.24) is 0 Å². The molecule has 1 atom stereocenters. The Labute approximate surface area is 133 Å². The largest absolute Gasteiger partial charge is 0.323 e. The number of hydrogen-bond donors (Lipinski definition) is 1. The molecule has 0 spiro atoms. The third-order valence-electron chi connectivity index (χ3n) is 3.85. The Balaban J connectivity index is 1.87. The molecule has 0 aromatic heterocycles. The molecule has 0 saturated heterocycles. The Morgan fingerprint density at radius 2 is 1.57 bits per heavy atom. The zero-order valence-corrected chi connectivity index (χ0v) is 14.0. The lowest BCUT2D eigenvalue weighted by Gasteiger charge is -2.14. The van der Waals surface area contributed by atoms with E-state index in [1.54, 1.807) is 0 Å². The van der Waals surface area contributed by atoms with Crippen LogP contribution in [0.1, 0.15) is 48.1 Å². The molecule has 112 valence electrons. The first-order valence-electron chi connectivity index (χ1n) is 7.55. The summed E-state index contributed by atoms with van der Waals surface area (Å²) in [5, 5.41) is 0. The molecular formula is C19H25NS. The van der Waals surface area contributed by atoms with Crippen LogP contribution in [0.3, 0.4) is 0 Å². The van der Waals surface area contributed by atoms with Gasteiger partial charge < -0.3 is 5.73 Å². The van der Waals surface area contributed by atoms with E-state index in [0.717, 1.165) is 11.5 Å². The Bertz CT molecular complexity index is 560. The van der Waals surface area contributed by atoms with Crippen molar-refractivity contribution in [3.8, 4) is 0 Å². The lowest BCUT2D eigenvalue weighted by Crippen LogP contribution is -2.13. The maximum Gasteiger partial charge on any atom is 0.0386 e. The Morgan fingerprint density at radius 1 is 0.952 bits per heavy atom. The van der Waals surface area contributed by atoms with Crippen LogP contribution in [0.4, 0.5) is 0 Å². The van der Waals surface area contributed by atoms with Crippen LogP contribution in [0.2, 0.25) is 0 Å². The number of benzene rings is 2. The molecule has 0 heterocycles. The van der Waals surface area contributed by atoms with Crippen molar-refractivity contribution in [3.05, 3.63) is 70.8 Å². The van der Waals surface area contributed by atoms with Gasteiger partial charge in [-0.15, -0.1) is 0 Å². The Kier molecular flexibility index (Phi) is 5.89. The number of aryl methyl sites for hydroxylation is 1. The van der Waals surface area contributed by atoms with E-state index in [0.29, 0.717) is 5.92 Å². The van der Waals surface area contributed by atoms with E-state index < -0.39 is 0 Å². The molecule has 1 nitrogen and oxygen atoms in total. The molecule has 0 fully saturated rings. The van der Waals surface area contributed by atoms with E-state index in [4.69, 9.17) is 5.73 Å². The van der Waals surface area contributed by atoms with Gasteiger partial charge in [-0.25, -0.2) is 0 Å². The van der Waals surface area contributed by atoms with Gasteiger partial charge in [0.05, 0.1) is 0 Å². The van der Waals surface area contributed by atoms with Crippen molar-refractivity contribution in [2.24, 2.45) is 5.73 Å². The summed E-state index contributed by atoms with van der Waals surface area (Å²) in [6.07, 6.45) is 0. The zero-order valence-electron chi connectivity index (χ0n) is 13.2. The summed E-state index contributed by atoms with van der Waals surface area (Å²) in [4.78, 5) is 0. The molecule has 1 unspecified atom stereocenters. The highest BCUT2D eigenvalue weighted by Crippen LogP contribution is 2.22. The van der Waals surface area contributed by atoms with E-state index in [-0.39, 0.29) is 6.04 Å². The third-order valence-corrected chi connectivity index (χ3v) is 4.96. The van der Waals surface area contributed by atoms with Crippen molar-refractivity contribution in [1.29, 1.82) is 0 Å². The number of thioether (sulfide) groups is 1. The summed E-state index contributed by atoms with van der Waals surface area (Å²) in [5.41, 5.74) is 11.7. The van der Waals surface area contributed by atoms with E-state index >= 15 is 0 Å². The van der Waals surface area contributed by atoms with Crippen LogP contribution in [0.25, 0.3) is 0 Å². The number of hydrogen-bond acceptors (Lipinski definition) is 2. The molecule has 0 bridgehead atoms. The fourth-order valence-electron chi connectivity index (χ4n) is 2.29. The molecule has 2 aromatic carbocycles. The van der Waals surface area contributed by atoms with Crippen LogP contribution in [0, 0.1) is 6.92 Å². The highest BCUT2D eigenvalue weighted by molar-refractivity contribution is 7.98. The van der Waals surface area contributed by atoms with Gasteiger partial charge in [-0.3, -0.25) is 0 Å². The van der Waals surface area contributed by atoms with Crippen molar-refractivity contribution in [2.45, 2.75) is 38.5 Å². The number of nitrogens with two attached hydrogens (primary N) is 1. The summed E-state index contributed by atoms with van der Waals surface area (Å²) in [5.74, 6) is 2.56. The monoisotopic (exact) mass is 299 g/mol. The first kappa shape index (κ1) is 16.1. The second-order valence-corrected chi connectivity index (χ2v) is 6.90. The summed E-state index contributed by atoms with van der Waals surface area (Å²) in [6, 6.07) is 17.4. The van der Waals surface area contributed by atoms with Gasteiger partial charge >= 0.3 is 0 Å². The molecule has 0 aliphatic heterocycles. The van der Waals surface area contributed by atoms with Crippen molar-refractivity contribution < 1.29 is 0 Å². The van der Waals surface area contributed by atoms with Crippen LogP contribution in [0.5, 0.6) is 0 Å². The molecule has 0 radical (unpaired) electrons. The topological polar surface area (TPSA) is 26.0 Å². The molecule has 0 amide bonds. The quantitative estimate of drug-likeness (QED) is 0.807. The van der Waals surface area contributed by atoms with Gasteiger partial charge in [0, 0.05) is 17.5 Å². The highest BCUT2D eigenvalue weighted by atomic mass is 32.2. The van der Waals surface area contributed by atoms with Gasteiger partial charge in [0.15, 0.2) is 0 Å². The molecule has 0 aliphatic rings. The van der Waals surface area contributed by atoms with Crippen LogP contribution in [0.15, 0.2) is 48.5 Å². The van der Waals surface area contributed by atoms with Gasteiger partial charge in [-0.05, 0) is 35.1 Å².